The van der Waals surface area contributed by atoms with Crippen LogP contribution in [0.3, 0.4) is 0 Å². The molecule has 7 heteroatoms. The van der Waals surface area contributed by atoms with Crippen LogP contribution < -0.4 is 10.6 Å². The van der Waals surface area contributed by atoms with E-state index < -0.39 is 0 Å². The van der Waals surface area contributed by atoms with Crippen LogP contribution in [0.5, 0.6) is 0 Å². The van der Waals surface area contributed by atoms with E-state index in [1.54, 1.807) is 12.5 Å². The second-order valence-electron chi connectivity index (χ2n) is 8.85. The maximum absolute atomic E-state index is 13.0. The number of nitrogens with zero attached hydrogens (tertiary/aromatic N) is 2. The Bertz CT molecular complexity index is 1080. The quantitative estimate of drug-likeness (QED) is 0.419. The lowest BCUT2D eigenvalue weighted by Crippen LogP contribution is -2.31. The van der Waals surface area contributed by atoms with Gasteiger partial charge in [-0.2, -0.15) is 0 Å². The molecular weight excluding hydrogens is 444 g/mol. The largest absolute Gasteiger partial charge is 0.355 e. The van der Waals surface area contributed by atoms with Crippen LogP contribution in [0.25, 0.3) is 5.69 Å². The molecule has 0 saturated heterocycles. The number of hydrogen-bond acceptors (Lipinski definition) is 4. The molecule has 1 aliphatic rings. The van der Waals surface area contributed by atoms with Crippen molar-refractivity contribution in [1.82, 2.24) is 20.2 Å². The van der Waals surface area contributed by atoms with Crippen molar-refractivity contribution in [2.24, 2.45) is 5.92 Å². The number of amides is 2. The summed E-state index contributed by atoms with van der Waals surface area (Å²) in [5.41, 5.74) is 2.63. The van der Waals surface area contributed by atoms with Crippen molar-refractivity contribution >= 4 is 23.6 Å². The molecule has 0 aliphatic heterocycles. The van der Waals surface area contributed by atoms with Crippen molar-refractivity contribution in [1.29, 1.82) is 0 Å². The van der Waals surface area contributed by atoms with Crippen LogP contribution in [0.4, 0.5) is 0 Å². The number of imidazole rings is 1. The van der Waals surface area contributed by atoms with Gasteiger partial charge in [-0.3, -0.25) is 9.59 Å². The first kappa shape index (κ1) is 24.1. The fourth-order valence-corrected chi connectivity index (χ4v) is 5.21. The molecule has 0 radical (unpaired) electrons. The highest BCUT2D eigenvalue weighted by molar-refractivity contribution is 8.00. The highest BCUT2D eigenvalue weighted by atomic mass is 32.2. The summed E-state index contributed by atoms with van der Waals surface area (Å²) in [6.45, 7) is 2.73. The number of carbonyl (C=O) groups excluding carboxylic acids is 2. The molecule has 0 spiro atoms. The zero-order valence-corrected chi connectivity index (χ0v) is 20.4. The highest BCUT2D eigenvalue weighted by Gasteiger charge is 2.17. The van der Waals surface area contributed by atoms with Gasteiger partial charge in [-0.1, -0.05) is 43.5 Å². The normalized spacial score (nSPS) is 15.0. The van der Waals surface area contributed by atoms with Gasteiger partial charge < -0.3 is 15.2 Å². The summed E-state index contributed by atoms with van der Waals surface area (Å²) >= 11 is 1.41. The summed E-state index contributed by atoms with van der Waals surface area (Å²) < 4.78 is 1.94. The van der Waals surface area contributed by atoms with Gasteiger partial charge in [0.25, 0.3) is 5.91 Å². The Morgan fingerprint density at radius 2 is 1.85 bits per heavy atom. The average molecular weight is 477 g/mol. The van der Waals surface area contributed by atoms with Crippen molar-refractivity contribution in [3.8, 4) is 5.69 Å². The van der Waals surface area contributed by atoms with Gasteiger partial charge in [-0.25, -0.2) is 4.98 Å². The Hall–Kier alpha value is -3.06. The van der Waals surface area contributed by atoms with Crippen molar-refractivity contribution in [3.05, 3.63) is 78.4 Å². The Morgan fingerprint density at radius 1 is 1.09 bits per heavy atom. The smallest absolute Gasteiger partial charge is 0.252 e. The van der Waals surface area contributed by atoms with E-state index in [4.69, 9.17) is 0 Å². The van der Waals surface area contributed by atoms with E-state index in [1.807, 2.05) is 66.2 Å². The van der Waals surface area contributed by atoms with Gasteiger partial charge >= 0.3 is 0 Å². The van der Waals surface area contributed by atoms with Crippen molar-refractivity contribution in [3.63, 3.8) is 0 Å². The monoisotopic (exact) mass is 476 g/mol. The van der Waals surface area contributed by atoms with E-state index in [1.165, 1.54) is 43.9 Å². The predicted octanol–water partition coefficient (Wildman–Crippen LogP) is 5.15. The van der Waals surface area contributed by atoms with Gasteiger partial charge in [0.05, 0.1) is 23.7 Å². The van der Waals surface area contributed by atoms with Gasteiger partial charge in [-0.05, 0) is 55.5 Å². The SMILES string of the molecule is CC(NC(=O)c1ccccc1SCC(=O)NCC1CCCCC1)c1ccc(-n2ccnc2)cc1. The minimum atomic E-state index is -0.152. The highest BCUT2D eigenvalue weighted by Crippen LogP contribution is 2.25. The molecule has 2 amide bonds. The second kappa shape index (κ2) is 11.9. The number of hydrogen-bond donors (Lipinski definition) is 2. The molecule has 1 unspecified atom stereocenters. The molecule has 0 bridgehead atoms. The van der Waals surface area contributed by atoms with E-state index >= 15 is 0 Å². The fraction of sp³-hybridized carbons (Fsp3) is 0.370. The summed E-state index contributed by atoms with van der Waals surface area (Å²) in [5, 5.41) is 6.16. The minimum Gasteiger partial charge on any atom is -0.355 e. The van der Waals surface area contributed by atoms with Gasteiger partial charge in [0, 0.05) is 29.5 Å². The topological polar surface area (TPSA) is 76.0 Å². The standard InChI is InChI=1S/C27H32N4O2S/c1-20(22-11-13-23(14-12-22)31-16-15-28-19-31)30-27(33)24-9-5-6-10-25(24)34-18-26(32)29-17-21-7-3-2-4-8-21/h5-6,9-16,19-21H,2-4,7-8,17-18H2,1H3,(H,29,32)(H,30,33). The van der Waals surface area contributed by atoms with E-state index in [-0.39, 0.29) is 17.9 Å². The lowest BCUT2D eigenvalue weighted by Gasteiger charge is -2.21. The zero-order chi connectivity index (χ0) is 23.8. The third kappa shape index (κ3) is 6.50. The van der Waals surface area contributed by atoms with E-state index in [0.29, 0.717) is 17.2 Å². The third-order valence-electron chi connectivity index (χ3n) is 6.35. The van der Waals surface area contributed by atoms with Crippen molar-refractivity contribution in [2.45, 2.75) is 50.0 Å². The molecule has 1 fully saturated rings. The van der Waals surface area contributed by atoms with Gasteiger partial charge in [0.15, 0.2) is 0 Å². The number of rotatable bonds is 9. The fourth-order valence-electron chi connectivity index (χ4n) is 4.33. The van der Waals surface area contributed by atoms with Crippen LogP contribution in [-0.2, 0) is 4.79 Å². The minimum absolute atomic E-state index is 0.0251. The summed E-state index contributed by atoms with van der Waals surface area (Å²) in [4.78, 5) is 30.3. The first-order valence-corrected chi connectivity index (χ1v) is 13.0. The summed E-state index contributed by atoms with van der Waals surface area (Å²) in [7, 11) is 0. The molecular formula is C27H32N4O2S. The van der Waals surface area contributed by atoms with Gasteiger partial charge in [-0.15, -0.1) is 11.8 Å². The number of carbonyl (C=O) groups is 2. The second-order valence-corrected chi connectivity index (χ2v) is 9.87. The van der Waals surface area contributed by atoms with E-state index in [9.17, 15) is 9.59 Å². The third-order valence-corrected chi connectivity index (χ3v) is 7.42. The van der Waals surface area contributed by atoms with Crippen LogP contribution >= 0.6 is 11.8 Å². The molecule has 178 valence electrons. The maximum atomic E-state index is 13.0. The lowest BCUT2D eigenvalue weighted by molar-refractivity contribution is -0.118. The van der Waals surface area contributed by atoms with Crippen LogP contribution in [0.15, 0.2) is 72.1 Å². The van der Waals surface area contributed by atoms with Crippen LogP contribution in [0.1, 0.15) is 61.0 Å². The Labute approximate surface area is 205 Å². The number of thioether (sulfide) groups is 1. The molecule has 1 aliphatic carbocycles. The van der Waals surface area contributed by atoms with Crippen LogP contribution in [0.2, 0.25) is 0 Å². The summed E-state index contributed by atoms with van der Waals surface area (Å²) in [5.74, 6) is 0.799. The molecule has 4 rings (SSSR count). The average Bonchev–Trinajstić information content (AvgIpc) is 3.42. The number of aromatic nitrogens is 2. The Balaban J connectivity index is 1.31. The van der Waals surface area contributed by atoms with E-state index in [0.717, 1.165) is 22.7 Å². The van der Waals surface area contributed by atoms with Gasteiger partial charge in [0.2, 0.25) is 5.91 Å². The van der Waals surface area contributed by atoms with Crippen LogP contribution in [-0.4, -0.2) is 33.7 Å². The molecule has 1 heterocycles. The zero-order valence-electron chi connectivity index (χ0n) is 19.6. The molecule has 2 aromatic carbocycles. The lowest BCUT2D eigenvalue weighted by atomic mass is 9.89. The van der Waals surface area contributed by atoms with Crippen molar-refractivity contribution < 1.29 is 9.59 Å². The molecule has 34 heavy (non-hydrogen) atoms. The molecule has 1 aromatic heterocycles. The van der Waals surface area contributed by atoms with Crippen molar-refractivity contribution in [2.75, 3.05) is 12.3 Å². The summed E-state index contributed by atoms with van der Waals surface area (Å²) in [6.07, 6.45) is 11.7. The Morgan fingerprint density at radius 3 is 2.59 bits per heavy atom. The predicted molar refractivity (Wildman–Crippen MR) is 136 cm³/mol. The summed E-state index contributed by atoms with van der Waals surface area (Å²) in [6, 6.07) is 15.4. The first-order chi connectivity index (χ1) is 16.6. The number of nitrogens with one attached hydrogen (secondary N) is 2. The van der Waals surface area contributed by atoms with E-state index in [2.05, 4.69) is 15.6 Å². The molecule has 3 aromatic rings. The molecule has 2 N–H and O–H groups in total. The van der Waals surface area contributed by atoms with Crippen LogP contribution in [0, 0.1) is 5.92 Å². The Kier molecular flexibility index (Phi) is 8.41. The number of benzene rings is 2. The molecule has 6 nitrogen and oxygen atoms in total. The molecule has 1 saturated carbocycles. The van der Waals surface area contributed by atoms with Gasteiger partial charge in [0.1, 0.15) is 0 Å². The maximum Gasteiger partial charge on any atom is 0.252 e. The first-order valence-electron chi connectivity index (χ1n) is 12.0. The molecule has 1 atom stereocenters.